The largest absolute Gasteiger partial charge is 0.382 e. The van der Waals surface area contributed by atoms with Crippen LogP contribution in [-0.4, -0.2) is 79.9 Å². The van der Waals surface area contributed by atoms with E-state index in [9.17, 15) is 4.79 Å². The third-order valence-electron chi connectivity index (χ3n) is 8.86. The lowest BCUT2D eigenvalue weighted by Crippen LogP contribution is -2.55. The van der Waals surface area contributed by atoms with Gasteiger partial charge in [-0.05, 0) is 38.8 Å². The van der Waals surface area contributed by atoms with Crippen molar-refractivity contribution in [1.82, 2.24) is 34.5 Å². The quantitative estimate of drug-likeness (QED) is 0.293. The molecular formula is C34H38N8O. The molecule has 7 rings (SSSR count). The van der Waals surface area contributed by atoms with Crippen molar-refractivity contribution < 1.29 is 4.79 Å². The van der Waals surface area contributed by atoms with Crippen LogP contribution in [0.4, 0.5) is 5.82 Å². The fraction of sp³-hybridized carbons (Fsp3) is 0.353. The summed E-state index contributed by atoms with van der Waals surface area (Å²) in [7, 11) is 0. The molecule has 9 heteroatoms. The molecule has 5 aromatic rings. The number of anilines is 1. The van der Waals surface area contributed by atoms with Crippen LogP contribution in [0.15, 0.2) is 73.1 Å². The second-order valence-electron chi connectivity index (χ2n) is 12.2. The Balaban J connectivity index is 1.10. The van der Waals surface area contributed by atoms with Crippen molar-refractivity contribution in [2.75, 3.05) is 38.5 Å². The predicted octanol–water partition coefficient (Wildman–Crippen LogP) is 4.58. The Morgan fingerprint density at radius 3 is 2.51 bits per heavy atom. The van der Waals surface area contributed by atoms with Crippen LogP contribution in [0.5, 0.6) is 0 Å². The van der Waals surface area contributed by atoms with Crippen LogP contribution in [0.1, 0.15) is 38.4 Å². The number of pyridine rings is 1. The predicted molar refractivity (Wildman–Crippen MR) is 171 cm³/mol. The van der Waals surface area contributed by atoms with Gasteiger partial charge in [-0.25, -0.2) is 15.0 Å². The number of nitrogens with two attached hydrogens (primary N) is 1. The summed E-state index contributed by atoms with van der Waals surface area (Å²) in [5.74, 6) is 1.99. The van der Waals surface area contributed by atoms with E-state index in [1.165, 1.54) is 0 Å². The second kappa shape index (κ2) is 11.4. The number of nitrogens with zero attached hydrogens (tertiary/aromatic N) is 6. The van der Waals surface area contributed by atoms with Crippen LogP contribution in [0.2, 0.25) is 0 Å². The van der Waals surface area contributed by atoms with Gasteiger partial charge in [-0.1, -0.05) is 48.5 Å². The first kappa shape index (κ1) is 27.5. The number of fused-ring (bicyclic) bond motifs is 2. The zero-order valence-electron chi connectivity index (χ0n) is 24.8. The van der Waals surface area contributed by atoms with E-state index in [1.807, 2.05) is 38.2 Å². The van der Waals surface area contributed by atoms with Gasteiger partial charge in [0.1, 0.15) is 22.9 Å². The first-order chi connectivity index (χ1) is 20.9. The van der Waals surface area contributed by atoms with Crippen molar-refractivity contribution in [3.05, 3.63) is 78.9 Å². The molecule has 220 valence electrons. The molecule has 1 amide bonds. The topological polar surface area (TPSA) is 105 Å². The highest BCUT2D eigenvalue weighted by molar-refractivity contribution is 5.91. The van der Waals surface area contributed by atoms with Crippen LogP contribution in [0.25, 0.3) is 38.9 Å². The molecule has 2 aromatic carbocycles. The summed E-state index contributed by atoms with van der Waals surface area (Å²) in [4.78, 5) is 31.7. The van der Waals surface area contributed by atoms with Crippen LogP contribution >= 0.6 is 0 Å². The van der Waals surface area contributed by atoms with Gasteiger partial charge >= 0.3 is 0 Å². The zero-order chi connectivity index (χ0) is 29.5. The maximum absolute atomic E-state index is 12.2. The second-order valence-corrected chi connectivity index (χ2v) is 12.2. The third kappa shape index (κ3) is 5.46. The van der Waals surface area contributed by atoms with Crippen LogP contribution in [0, 0.1) is 0 Å². The summed E-state index contributed by atoms with van der Waals surface area (Å²) in [6.45, 7) is 8.31. The van der Waals surface area contributed by atoms with Gasteiger partial charge < -0.3 is 11.1 Å². The van der Waals surface area contributed by atoms with Crippen LogP contribution in [-0.2, 0) is 4.79 Å². The van der Waals surface area contributed by atoms with E-state index in [1.54, 1.807) is 6.20 Å². The third-order valence-corrected chi connectivity index (χ3v) is 8.86. The number of hydrogen-bond donors (Lipinski definition) is 2. The highest BCUT2D eigenvalue weighted by Gasteiger charge is 2.38. The van der Waals surface area contributed by atoms with Crippen LogP contribution < -0.4 is 11.1 Å². The minimum atomic E-state index is 0.113. The van der Waals surface area contributed by atoms with E-state index < -0.39 is 0 Å². The Morgan fingerprint density at radius 1 is 0.977 bits per heavy atom. The molecule has 0 unspecified atom stereocenters. The van der Waals surface area contributed by atoms with Gasteiger partial charge in [-0.15, -0.1) is 0 Å². The molecule has 3 aromatic heterocycles. The van der Waals surface area contributed by atoms with Gasteiger partial charge in [0.15, 0.2) is 0 Å². The molecule has 43 heavy (non-hydrogen) atoms. The first-order valence-electron chi connectivity index (χ1n) is 15.3. The number of amides is 1. The molecule has 2 aliphatic rings. The highest BCUT2D eigenvalue weighted by Crippen LogP contribution is 2.42. The molecular weight excluding hydrogens is 536 g/mol. The monoisotopic (exact) mass is 574 g/mol. The maximum atomic E-state index is 12.2. The Kier molecular flexibility index (Phi) is 7.28. The molecule has 0 spiro atoms. The smallest absolute Gasteiger partial charge is 0.234 e. The van der Waals surface area contributed by atoms with Crippen molar-refractivity contribution in [2.24, 2.45) is 0 Å². The van der Waals surface area contributed by atoms with Gasteiger partial charge in [-0.2, -0.15) is 0 Å². The summed E-state index contributed by atoms with van der Waals surface area (Å²) in [5.41, 5.74) is 12.1. The highest BCUT2D eigenvalue weighted by atomic mass is 16.2. The standard InChI is InChI=1S/C34H38N8O/c1-22(2)37-30(43)21-40-14-16-41(17-15-40)27-18-26(19-27)34-39-31(32-33(35)36-12-13-42(32)34)25-9-8-24-10-11-28(38-29(24)20-25)23-6-4-3-5-7-23/h3-13,20,22,26-27H,14-19,21H2,1-2H3,(H2,35,36)(H,37,43). The minimum Gasteiger partial charge on any atom is -0.382 e. The SMILES string of the molecule is CC(C)NC(=O)CN1CCN(C2CC(c3nc(-c4ccc5ccc(-c6ccccc6)nc5c4)c4c(N)nccn34)C2)CC1. The lowest BCUT2D eigenvalue weighted by atomic mass is 9.78. The summed E-state index contributed by atoms with van der Waals surface area (Å²) in [5, 5.41) is 4.08. The lowest BCUT2D eigenvalue weighted by Gasteiger charge is -2.46. The lowest BCUT2D eigenvalue weighted by molar-refractivity contribution is -0.123. The molecule has 1 aliphatic heterocycles. The average Bonchev–Trinajstić information content (AvgIpc) is 3.37. The Hall–Kier alpha value is -4.34. The summed E-state index contributed by atoms with van der Waals surface area (Å²) >= 11 is 0. The molecule has 9 nitrogen and oxygen atoms in total. The number of carbonyl (C=O) groups excluding carboxylic acids is 1. The Labute approximate surface area is 251 Å². The molecule has 1 saturated carbocycles. The molecule has 1 saturated heterocycles. The van der Waals surface area contributed by atoms with Gasteiger partial charge in [-0.3, -0.25) is 19.0 Å². The zero-order valence-corrected chi connectivity index (χ0v) is 24.8. The number of nitrogen functional groups attached to an aromatic ring is 1. The van der Waals surface area contributed by atoms with Crippen molar-refractivity contribution >= 4 is 28.1 Å². The van der Waals surface area contributed by atoms with E-state index in [0.717, 1.165) is 83.8 Å². The summed E-state index contributed by atoms with van der Waals surface area (Å²) in [6.07, 6.45) is 5.87. The van der Waals surface area contributed by atoms with E-state index in [0.29, 0.717) is 24.3 Å². The Bertz CT molecular complexity index is 1770. The molecule has 0 atom stereocenters. The Morgan fingerprint density at radius 2 is 1.74 bits per heavy atom. The van der Waals surface area contributed by atoms with Crippen molar-refractivity contribution in [1.29, 1.82) is 0 Å². The van der Waals surface area contributed by atoms with Crippen LogP contribution in [0.3, 0.4) is 0 Å². The number of carbonyl (C=O) groups is 1. The van der Waals surface area contributed by atoms with E-state index in [4.69, 9.17) is 15.7 Å². The van der Waals surface area contributed by atoms with Gasteiger partial charge in [0, 0.05) is 73.1 Å². The van der Waals surface area contributed by atoms with Crippen molar-refractivity contribution in [2.45, 2.75) is 44.7 Å². The van der Waals surface area contributed by atoms with Gasteiger partial charge in [0.05, 0.1) is 17.8 Å². The first-order valence-corrected chi connectivity index (χ1v) is 15.3. The molecule has 2 fully saturated rings. The number of rotatable bonds is 7. The summed E-state index contributed by atoms with van der Waals surface area (Å²) in [6, 6.07) is 21.5. The normalized spacial score (nSPS) is 19.6. The molecule has 1 aliphatic carbocycles. The fourth-order valence-corrected chi connectivity index (χ4v) is 6.56. The van der Waals surface area contributed by atoms with E-state index >= 15 is 0 Å². The maximum Gasteiger partial charge on any atom is 0.234 e. The number of hydrogen-bond acceptors (Lipinski definition) is 7. The fourth-order valence-electron chi connectivity index (χ4n) is 6.56. The number of benzene rings is 2. The molecule has 4 heterocycles. The van der Waals surface area contributed by atoms with E-state index in [-0.39, 0.29) is 11.9 Å². The van der Waals surface area contributed by atoms with E-state index in [2.05, 4.69) is 67.0 Å². The number of imidazole rings is 1. The molecule has 3 N–H and O–H groups in total. The average molecular weight is 575 g/mol. The van der Waals surface area contributed by atoms with Crippen molar-refractivity contribution in [3.63, 3.8) is 0 Å². The molecule has 0 bridgehead atoms. The van der Waals surface area contributed by atoms with Crippen molar-refractivity contribution in [3.8, 4) is 22.5 Å². The summed E-state index contributed by atoms with van der Waals surface area (Å²) < 4.78 is 2.14. The van der Waals surface area contributed by atoms with Gasteiger partial charge in [0.2, 0.25) is 5.91 Å². The minimum absolute atomic E-state index is 0.113. The van der Waals surface area contributed by atoms with Gasteiger partial charge in [0.25, 0.3) is 0 Å². The molecule has 0 radical (unpaired) electrons. The number of piperazine rings is 1. The number of aromatic nitrogens is 4. The number of nitrogens with one attached hydrogen (secondary N) is 1.